The molecule has 0 radical (unpaired) electrons. The molecule has 5 rings (SSSR count). The molecule has 30 heavy (non-hydrogen) atoms. The summed E-state index contributed by atoms with van der Waals surface area (Å²) in [4.78, 5) is 15.9. The predicted octanol–water partition coefficient (Wildman–Crippen LogP) is 5.94. The molecule has 3 aromatic carbocycles. The highest BCUT2D eigenvalue weighted by Gasteiger charge is 2.35. The fourth-order valence-electron chi connectivity index (χ4n) is 4.55. The van der Waals surface area contributed by atoms with Crippen molar-refractivity contribution in [3.05, 3.63) is 95.1 Å². The third kappa shape index (κ3) is 3.50. The van der Waals surface area contributed by atoms with Gasteiger partial charge < -0.3 is 9.64 Å². The SMILES string of the molecule is Cc1ccccc1C1CCN(C(=O)C2c3ccccc3Oc3ccccc32)CCS1. The molecule has 1 unspecified atom stereocenters. The van der Waals surface area contributed by atoms with E-state index in [0.717, 1.165) is 47.9 Å². The Balaban J connectivity index is 1.42. The first-order valence-electron chi connectivity index (χ1n) is 10.5. The van der Waals surface area contributed by atoms with E-state index in [4.69, 9.17) is 4.74 Å². The zero-order valence-corrected chi connectivity index (χ0v) is 17.9. The number of nitrogens with zero attached hydrogens (tertiary/aromatic N) is 1. The minimum atomic E-state index is -0.300. The van der Waals surface area contributed by atoms with Gasteiger partial charge in [-0.3, -0.25) is 4.79 Å². The summed E-state index contributed by atoms with van der Waals surface area (Å²) in [7, 11) is 0. The largest absolute Gasteiger partial charge is 0.457 e. The first-order chi connectivity index (χ1) is 14.7. The summed E-state index contributed by atoms with van der Waals surface area (Å²) >= 11 is 1.97. The van der Waals surface area contributed by atoms with Gasteiger partial charge >= 0.3 is 0 Å². The van der Waals surface area contributed by atoms with Gasteiger partial charge in [0, 0.05) is 35.2 Å². The zero-order chi connectivity index (χ0) is 20.5. The van der Waals surface area contributed by atoms with Gasteiger partial charge in [0.2, 0.25) is 5.91 Å². The third-order valence-corrected chi connectivity index (χ3v) is 7.43. The second-order valence-corrected chi connectivity index (χ2v) is 9.25. The molecule has 2 heterocycles. The van der Waals surface area contributed by atoms with E-state index in [1.54, 1.807) is 0 Å². The van der Waals surface area contributed by atoms with Crippen molar-refractivity contribution in [2.75, 3.05) is 18.8 Å². The lowest BCUT2D eigenvalue weighted by molar-refractivity contribution is -0.131. The molecule has 1 atom stereocenters. The molecule has 1 fully saturated rings. The molecule has 2 aliphatic rings. The van der Waals surface area contributed by atoms with Gasteiger partial charge in [0.15, 0.2) is 0 Å². The molecule has 0 spiro atoms. The van der Waals surface area contributed by atoms with Crippen LogP contribution in [0.4, 0.5) is 0 Å². The van der Waals surface area contributed by atoms with Gasteiger partial charge in [0.25, 0.3) is 0 Å². The summed E-state index contributed by atoms with van der Waals surface area (Å²) in [6.07, 6.45) is 0.980. The maximum Gasteiger partial charge on any atom is 0.234 e. The van der Waals surface area contributed by atoms with Crippen molar-refractivity contribution in [2.24, 2.45) is 0 Å². The Kier molecular flexibility index (Phi) is 5.26. The van der Waals surface area contributed by atoms with Crippen LogP contribution >= 0.6 is 11.8 Å². The highest BCUT2D eigenvalue weighted by atomic mass is 32.2. The van der Waals surface area contributed by atoms with Gasteiger partial charge in [-0.15, -0.1) is 0 Å². The lowest BCUT2D eigenvalue weighted by Gasteiger charge is -2.31. The topological polar surface area (TPSA) is 29.5 Å². The van der Waals surface area contributed by atoms with Crippen LogP contribution in [0.25, 0.3) is 0 Å². The number of para-hydroxylation sites is 2. The molecule has 0 aromatic heterocycles. The van der Waals surface area contributed by atoms with Crippen molar-refractivity contribution in [3.63, 3.8) is 0 Å². The Morgan fingerprint density at radius 1 is 0.867 bits per heavy atom. The fourth-order valence-corrected chi connectivity index (χ4v) is 5.87. The summed E-state index contributed by atoms with van der Waals surface area (Å²) < 4.78 is 6.08. The Morgan fingerprint density at radius 3 is 2.13 bits per heavy atom. The second-order valence-electron chi connectivity index (χ2n) is 7.94. The van der Waals surface area contributed by atoms with Gasteiger partial charge in [-0.2, -0.15) is 11.8 Å². The lowest BCUT2D eigenvalue weighted by Crippen LogP contribution is -2.38. The van der Waals surface area contributed by atoms with Crippen LogP contribution in [0.15, 0.2) is 72.8 Å². The number of hydrogen-bond acceptors (Lipinski definition) is 3. The van der Waals surface area contributed by atoms with E-state index < -0.39 is 0 Å². The average molecular weight is 416 g/mol. The second kappa shape index (κ2) is 8.19. The van der Waals surface area contributed by atoms with E-state index in [2.05, 4.69) is 36.1 Å². The van der Waals surface area contributed by atoms with E-state index >= 15 is 0 Å². The fraction of sp³-hybridized carbons (Fsp3) is 0.269. The van der Waals surface area contributed by atoms with Crippen LogP contribution in [0.1, 0.15) is 39.8 Å². The van der Waals surface area contributed by atoms with Gasteiger partial charge in [0.05, 0.1) is 5.92 Å². The lowest BCUT2D eigenvalue weighted by atomic mass is 9.86. The van der Waals surface area contributed by atoms with Gasteiger partial charge in [-0.05, 0) is 36.6 Å². The molecule has 1 saturated heterocycles. The van der Waals surface area contributed by atoms with Crippen LogP contribution in [0.2, 0.25) is 0 Å². The molecular weight excluding hydrogens is 390 g/mol. The first-order valence-corrected chi connectivity index (χ1v) is 11.6. The smallest absolute Gasteiger partial charge is 0.234 e. The van der Waals surface area contributed by atoms with E-state index in [-0.39, 0.29) is 11.8 Å². The van der Waals surface area contributed by atoms with Crippen LogP contribution in [-0.4, -0.2) is 29.6 Å². The van der Waals surface area contributed by atoms with E-state index in [1.807, 2.05) is 60.3 Å². The predicted molar refractivity (Wildman–Crippen MR) is 122 cm³/mol. The summed E-state index contributed by atoms with van der Waals surface area (Å²) in [6, 6.07) is 24.5. The number of fused-ring (bicyclic) bond motifs is 2. The van der Waals surface area contributed by atoms with Crippen LogP contribution in [0.5, 0.6) is 11.5 Å². The van der Waals surface area contributed by atoms with Crippen LogP contribution in [0.3, 0.4) is 0 Å². The van der Waals surface area contributed by atoms with Crippen LogP contribution in [-0.2, 0) is 4.79 Å². The maximum atomic E-state index is 13.8. The van der Waals surface area contributed by atoms with Crippen molar-refractivity contribution in [2.45, 2.75) is 24.5 Å². The third-order valence-electron chi connectivity index (χ3n) is 6.12. The van der Waals surface area contributed by atoms with Gasteiger partial charge in [-0.1, -0.05) is 60.7 Å². The van der Waals surface area contributed by atoms with E-state index in [0.29, 0.717) is 5.25 Å². The number of carbonyl (C=O) groups excluding carboxylic acids is 1. The molecule has 152 valence electrons. The van der Waals surface area contributed by atoms with E-state index in [1.165, 1.54) is 11.1 Å². The number of rotatable bonds is 2. The van der Waals surface area contributed by atoms with Crippen molar-refractivity contribution < 1.29 is 9.53 Å². The minimum Gasteiger partial charge on any atom is -0.457 e. The number of carbonyl (C=O) groups is 1. The molecule has 0 saturated carbocycles. The summed E-state index contributed by atoms with van der Waals surface area (Å²) in [5, 5.41) is 0.443. The molecule has 3 aromatic rings. The number of hydrogen-bond donors (Lipinski definition) is 0. The Bertz CT molecular complexity index is 1030. The van der Waals surface area contributed by atoms with Crippen molar-refractivity contribution in [1.82, 2.24) is 4.90 Å². The summed E-state index contributed by atoms with van der Waals surface area (Å²) in [5.74, 6) is 2.42. The molecule has 0 aliphatic carbocycles. The Hall–Kier alpha value is -2.72. The Morgan fingerprint density at radius 2 is 1.47 bits per heavy atom. The zero-order valence-electron chi connectivity index (χ0n) is 17.1. The average Bonchev–Trinajstić information content (AvgIpc) is 3.03. The van der Waals surface area contributed by atoms with E-state index in [9.17, 15) is 4.79 Å². The molecule has 0 N–H and O–H groups in total. The number of thioether (sulfide) groups is 1. The normalized spacial score (nSPS) is 18.7. The summed E-state index contributed by atoms with van der Waals surface area (Å²) in [6.45, 7) is 3.75. The summed E-state index contributed by atoms with van der Waals surface area (Å²) in [5.41, 5.74) is 4.67. The molecule has 1 amide bonds. The highest BCUT2D eigenvalue weighted by Crippen LogP contribution is 2.45. The molecule has 2 aliphatic heterocycles. The number of aryl methyl sites for hydroxylation is 1. The first kappa shape index (κ1) is 19.3. The quantitative estimate of drug-likeness (QED) is 0.519. The monoisotopic (exact) mass is 415 g/mol. The standard InChI is InChI=1S/C26H25NO2S/c1-18-8-2-3-9-19(18)24-14-15-27(16-17-30-24)26(28)25-20-10-4-6-12-22(20)29-23-13-7-5-11-21(23)25/h2-13,24-25H,14-17H2,1H3. The molecular formula is C26H25NO2S. The minimum absolute atomic E-state index is 0.184. The highest BCUT2D eigenvalue weighted by molar-refractivity contribution is 7.99. The Labute approximate surface area is 182 Å². The molecule has 3 nitrogen and oxygen atoms in total. The molecule has 0 bridgehead atoms. The van der Waals surface area contributed by atoms with Crippen LogP contribution in [0, 0.1) is 6.92 Å². The maximum absolute atomic E-state index is 13.8. The van der Waals surface area contributed by atoms with Crippen LogP contribution < -0.4 is 4.74 Å². The number of benzene rings is 3. The van der Waals surface area contributed by atoms with Crippen molar-refractivity contribution >= 4 is 17.7 Å². The molecule has 4 heteroatoms. The van der Waals surface area contributed by atoms with Crippen molar-refractivity contribution in [3.8, 4) is 11.5 Å². The van der Waals surface area contributed by atoms with Gasteiger partial charge in [0.1, 0.15) is 11.5 Å². The number of ether oxygens (including phenoxy) is 1. The van der Waals surface area contributed by atoms with Crippen molar-refractivity contribution in [1.29, 1.82) is 0 Å². The number of amides is 1. The van der Waals surface area contributed by atoms with Gasteiger partial charge in [-0.25, -0.2) is 0 Å².